The first kappa shape index (κ1) is 27.5. The van der Waals surface area contributed by atoms with E-state index in [1.54, 1.807) is 50.4 Å². The molecule has 0 radical (unpaired) electrons. The highest BCUT2D eigenvalue weighted by molar-refractivity contribution is 7.92. The lowest BCUT2D eigenvalue weighted by Gasteiger charge is -2.32. The third-order valence-electron chi connectivity index (χ3n) is 5.47. The topological polar surface area (TPSA) is 96.0 Å². The second-order valence-electron chi connectivity index (χ2n) is 8.11. The number of rotatable bonds is 11. The zero-order valence-electron chi connectivity index (χ0n) is 20.1. The van der Waals surface area contributed by atoms with Gasteiger partial charge >= 0.3 is 0 Å². The van der Waals surface area contributed by atoms with Crippen LogP contribution in [0.3, 0.4) is 0 Å². The predicted molar refractivity (Wildman–Crippen MR) is 135 cm³/mol. The summed E-state index contributed by atoms with van der Waals surface area (Å²) in [5.74, 6) is -0.160. The summed E-state index contributed by atoms with van der Waals surface area (Å²) in [7, 11) is -2.23. The highest BCUT2D eigenvalue weighted by Gasteiger charge is 2.30. The molecule has 0 bridgehead atoms. The first-order valence-electron chi connectivity index (χ1n) is 10.9. The van der Waals surface area contributed by atoms with Crippen LogP contribution in [0.1, 0.15) is 32.8 Å². The number of anilines is 1. The van der Waals surface area contributed by atoms with Crippen molar-refractivity contribution in [2.75, 3.05) is 24.2 Å². The summed E-state index contributed by atoms with van der Waals surface area (Å²) in [6, 6.07) is 12.4. The summed E-state index contributed by atoms with van der Waals surface area (Å²) in [4.78, 5) is 27.7. The van der Waals surface area contributed by atoms with E-state index >= 15 is 0 Å². The fourth-order valence-corrected chi connectivity index (χ4v) is 4.17. The van der Waals surface area contributed by atoms with E-state index in [2.05, 4.69) is 5.32 Å². The van der Waals surface area contributed by atoms with E-state index in [0.29, 0.717) is 16.5 Å². The lowest BCUT2D eigenvalue weighted by atomic mass is 10.1. The molecule has 2 rings (SSSR count). The Balaban J connectivity index is 2.36. The van der Waals surface area contributed by atoms with E-state index in [9.17, 15) is 18.0 Å². The summed E-state index contributed by atoms with van der Waals surface area (Å²) in [6.07, 6.45) is 1.77. The standard InChI is InChI=1S/C24H32ClN3O5S/c1-6-17(2)26-24(30)18(3)27(15-19-7-13-22(33-4)14-8-19)23(29)16-28(34(5,31)32)21-11-9-20(25)10-12-21/h7-14,17-18H,6,15-16H2,1-5H3,(H,26,30)/t17-,18-/m1/s1. The van der Waals surface area contributed by atoms with Gasteiger partial charge in [0.15, 0.2) is 0 Å². The van der Waals surface area contributed by atoms with E-state index in [4.69, 9.17) is 16.3 Å². The molecule has 186 valence electrons. The van der Waals surface area contributed by atoms with Crippen molar-refractivity contribution < 1.29 is 22.7 Å². The molecule has 0 fully saturated rings. The number of hydrogen-bond acceptors (Lipinski definition) is 5. The Morgan fingerprint density at radius 3 is 2.15 bits per heavy atom. The van der Waals surface area contributed by atoms with E-state index in [1.165, 1.54) is 17.0 Å². The number of amides is 2. The molecule has 0 unspecified atom stereocenters. The summed E-state index contributed by atoms with van der Waals surface area (Å²) < 4.78 is 31.2. The van der Waals surface area contributed by atoms with Crippen molar-refractivity contribution in [2.45, 2.75) is 45.8 Å². The van der Waals surface area contributed by atoms with E-state index < -0.39 is 28.5 Å². The van der Waals surface area contributed by atoms with Crippen LogP contribution in [-0.4, -0.2) is 57.1 Å². The van der Waals surface area contributed by atoms with Crippen LogP contribution >= 0.6 is 11.6 Å². The number of ether oxygens (including phenoxy) is 1. The van der Waals surface area contributed by atoms with Gasteiger partial charge in [0.1, 0.15) is 18.3 Å². The predicted octanol–water partition coefficient (Wildman–Crippen LogP) is 3.45. The van der Waals surface area contributed by atoms with Gasteiger partial charge in [0.2, 0.25) is 21.8 Å². The Morgan fingerprint density at radius 2 is 1.65 bits per heavy atom. The Bertz CT molecular complexity index is 1070. The highest BCUT2D eigenvalue weighted by Crippen LogP contribution is 2.22. The fraction of sp³-hybridized carbons (Fsp3) is 0.417. The minimum atomic E-state index is -3.78. The number of nitrogens with zero attached hydrogens (tertiary/aromatic N) is 2. The third-order valence-corrected chi connectivity index (χ3v) is 6.87. The van der Waals surface area contributed by atoms with E-state index in [1.807, 2.05) is 13.8 Å². The molecule has 2 aromatic rings. The molecule has 0 aliphatic rings. The van der Waals surface area contributed by atoms with Crippen LogP contribution in [0.5, 0.6) is 5.75 Å². The Labute approximate surface area is 206 Å². The molecular weight excluding hydrogens is 478 g/mol. The fourth-order valence-electron chi connectivity index (χ4n) is 3.20. The number of halogens is 1. The molecule has 34 heavy (non-hydrogen) atoms. The van der Waals surface area contributed by atoms with Crippen molar-refractivity contribution in [1.82, 2.24) is 10.2 Å². The van der Waals surface area contributed by atoms with Crippen molar-refractivity contribution in [3.63, 3.8) is 0 Å². The van der Waals surface area contributed by atoms with Gasteiger partial charge in [0.25, 0.3) is 0 Å². The average Bonchev–Trinajstić information content (AvgIpc) is 2.80. The number of carbonyl (C=O) groups excluding carboxylic acids is 2. The van der Waals surface area contributed by atoms with Crippen LogP contribution < -0.4 is 14.4 Å². The van der Waals surface area contributed by atoms with Gasteiger partial charge in [0.05, 0.1) is 19.1 Å². The van der Waals surface area contributed by atoms with Gasteiger partial charge in [0, 0.05) is 17.6 Å². The molecule has 0 heterocycles. The Kier molecular flexibility index (Phi) is 9.76. The normalized spacial score (nSPS) is 13.0. The molecule has 0 aliphatic heterocycles. The van der Waals surface area contributed by atoms with Crippen molar-refractivity contribution >= 4 is 39.1 Å². The molecular formula is C24H32ClN3O5S. The summed E-state index contributed by atoms with van der Waals surface area (Å²) in [6.45, 7) is 5.12. The Hall–Kier alpha value is -2.78. The number of benzene rings is 2. The number of sulfonamides is 1. The Morgan fingerprint density at radius 1 is 1.06 bits per heavy atom. The van der Waals surface area contributed by atoms with Gasteiger partial charge in [-0.2, -0.15) is 0 Å². The smallest absolute Gasteiger partial charge is 0.244 e. The first-order valence-corrected chi connectivity index (χ1v) is 13.1. The maximum atomic E-state index is 13.5. The summed E-state index contributed by atoms with van der Waals surface area (Å²) in [5.41, 5.74) is 1.08. The van der Waals surface area contributed by atoms with Crippen molar-refractivity contribution in [2.24, 2.45) is 0 Å². The van der Waals surface area contributed by atoms with Gasteiger partial charge in [-0.05, 0) is 62.2 Å². The largest absolute Gasteiger partial charge is 0.497 e. The van der Waals surface area contributed by atoms with Crippen LogP contribution in [0.4, 0.5) is 5.69 Å². The lowest BCUT2D eigenvalue weighted by Crippen LogP contribution is -2.52. The average molecular weight is 510 g/mol. The lowest BCUT2D eigenvalue weighted by molar-refractivity contribution is -0.139. The second kappa shape index (κ2) is 12.1. The third kappa shape index (κ3) is 7.63. The molecule has 2 aromatic carbocycles. The van der Waals surface area contributed by atoms with Gasteiger partial charge in [-0.25, -0.2) is 8.42 Å². The molecule has 0 spiro atoms. The van der Waals surface area contributed by atoms with Gasteiger partial charge in [-0.1, -0.05) is 30.7 Å². The molecule has 0 aliphatic carbocycles. The maximum absolute atomic E-state index is 13.5. The van der Waals surface area contributed by atoms with Gasteiger partial charge in [-0.3, -0.25) is 13.9 Å². The van der Waals surface area contributed by atoms with Crippen LogP contribution in [-0.2, 0) is 26.2 Å². The molecule has 0 aromatic heterocycles. The van der Waals surface area contributed by atoms with E-state index in [-0.39, 0.29) is 18.5 Å². The maximum Gasteiger partial charge on any atom is 0.244 e. The van der Waals surface area contributed by atoms with Crippen LogP contribution in [0.2, 0.25) is 5.02 Å². The molecule has 8 nitrogen and oxygen atoms in total. The molecule has 2 amide bonds. The summed E-state index contributed by atoms with van der Waals surface area (Å²) in [5, 5.41) is 3.34. The van der Waals surface area contributed by atoms with E-state index in [0.717, 1.165) is 22.5 Å². The van der Waals surface area contributed by atoms with Gasteiger partial charge < -0.3 is 15.0 Å². The zero-order chi connectivity index (χ0) is 25.5. The monoisotopic (exact) mass is 509 g/mol. The highest BCUT2D eigenvalue weighted by atomic mass is 35.5. The quantitative estimate of drug-likeness (QED) is 0.500. The summed E-state index contributed by atoms with van der Waals surface area (Å²) >= 11 is 5.93. The SMILES string of the molecule is CC[C@@H](C)NC(=O)[C@@H](C)N(Cc1ccc(OC)cc1)C(=O)CN(c1ccc(Cl)cc1)S(C)(=O)=O. The molecule has 10 heteroatoms. The minimum absolute atomic E-state index is 0.0607. The molecule has 0 saturated carbocycles. The van der Waals surface area contributed by atoms with Crippen molar-refractivity contribution in [1.29, 1.82) is 0 Å². The van der Waals surface area contributed by atoms with Gasteiger partial charge in [-0.15, -0.1) is 0 Å². The van der Waals surface area contributed by atoms with Crippen molar-refractivity contribution in [3.05, 3.63) is 59.1 Å². The number of nitrogens with one attached hydrogen (secondary N) is 1. The minimum Gasteiger partial charge on any atom is -0.497 e. The number of hydrogen-bond donors (Lipinski definition) is 1. The number of carbonyl (C=O) groups is 2. The molecule has 0 saturated heterocycles. The first-order chi connectivity index (χ1) is 16.0. The zero-order valence-corrected chi connectivity index (χ0v) is 21.7. The van der Waals surface area contributed by atoms with Crippen molar-refractivity contribution in [3.8, 4) is 5.75 Å². The number of methoxy groups -OCH3 is 1. The van der Waals surface area contributed by atoms with Crippen LogP contribution in [0.25, 0.3) is 0 Å². The van der Waals surface area contributed by atoms with Crippen LogP contribution in [0, 0.1) is 0 Å². The molecule has 2 atom stereocenters. The molecule has 1 N–H and O–H groups in total. The van der Waals surface area contributed by atoms with Crippen LogP contribution in [0.15, 0.2) is 48.5 Å². The second-order valence-corrected chi connectivity index (χ2v) is 10.5.